The standard InChI is InChI=1S/C13H19NO/c1-10-7-8-14(9-11(10)2)12-5-3-4-6-13(12)15/h3-6,10-11,15H,7-9H2,1-2H3/t10-,11-/m1/s1. The number of anilines is 1. The Hall–Kier alpha value is -1.18. The normalized spacial score (nSPS) is 26.7. The van der Waals surface area contributed by atoms with E-state index in [1.807, 2.05) is 18.2 Å². The van der Waals surface area contributed by atoms with E-state index in [0.717, 1.165) is 24.7 Å². The Morgan fingerprint density at radius 2 is 1.93 bits per heavy atom. The van der Waals surface area contributed by atoms with E-state index < -0.39 is 0 Å². The van der Waals surface area contributed by atoms with E-state index in [4.69, 9.17) is 0 Å². The zero-order valence-electron chi connectivity index (χ0n) is 9.48. The largest absolute Gasteiger partial charge is 0.506 e. The van der Waals surface area contributed by atoms with E-state index in [1.54, 1.807) is 6.07 Å². The fraction of sp³-hybridized carbons (Fsp3) is 0.538. The highest BCUT2D eigenvalue weighted by atomic mass is 16.3. The van der Waals surface area contributed by atoms with Crippen molar-refractivity contribution in [2.24, 2.45) is 11.8 Å². The molecule has 1 aliphatic heterocycles. The van der Waals surface area contributed by atoms with Crippen molar-refractivity contribution in [3.05, 3.63) is 24.3 Å². The van der Waals surface area contributed by atoms with Crippen molar-refractivity contribution in [1.82, 2.24) is 0 Å². The van der Waals surface area contributed by atoms with E-state index in [0.29, 0.717) is 11.7 Å². The molecule has 1 aromatic carbocycles. The van der Waals surface area contributed by atoms with Crippen LogP contribution >= 0.6 is 0 Å². The Kier molecular flexibility index (Phi) is 2.85. The molecule has 0 bridgehead atoms. The molecule has 82 valence electrons. The first-order valence-electron chi connectivity index (χ1n) is 5.71. The van der Waals surface area contributed by atoms with Gasteiger partial charge in [-0.15, -0.1) is 0 Å². The molecule has 0 amide bonds. The van der Waals surface area contributed by atoms with Crippen LogP contribution in [0.15, 0.2) is 24.3 Å². The summed E-state index contributed by atoms with van der Waals surface area (Å²) in [5, 5.41) is 9.77. The number of hydrogen-bond donors (Lipinski definition) is 1. The minimum Gasteiger partial charge on any atom is -0.506 e. The van der Waals surface area contributed by atoms with Gasteiger partial charge in [-0.2, -0.15) is 0 Å². The van der Waals surface area contributed by atoms with Crippen molar-refractivity contribution in [2.45, 2.75) is 20.3 Å². The Balaban J connectivity index is 2.15. The molecule has 2 nitrogen and oxygen atoms in total. The van der Waals surface area contributed by atoms with Gasteiger partial charge in [0.15, 0.2) is 0 Å². The summed E-state index contributed by atoms with van der Waals surface area (Å²) in [5.74, 6) is 1.91. The third kappa shape index (κ3) is 2.09. The number of phenols is 1. The summed E-state index contributed by atoms with van der Waals surface area (Å²) >= 11 is 0. The molecule has 1 heterocycles. The first-order valence-corrected chi connectivity index (χ1v) is 5.71. The Morgan fingerprint density at radius 3 is 2.60 bits per heavy atom. The van der Waals surface area contributed by atoms with Gasteiger partial charge in [-0.1, -0.05) is 26.0 Å². The number of nitrogens with zero attached hydrogens (tertiary/aromatic N) is 1. The summed E-state index contributed by atoms with van der Waals surface area (Å²) in [6, 6.07) is 7.61. The summed E-state index contributed by atoms with van der Waals surface area (Å²) in [6.45, 7) is 6.71. The second kappa shape index (κ2) is 4.13. The molecule has 2 atom stereocenters. The highest BCUT2D eigenvalue weighted by Crippen LogP contribution is 2.32. The molecular formula is C13H19NO. The van der Waals surface area contributed by atoms with Crippen molar-refractivity contribution in [3.63, 3.8) is 0 Å². The number of hydrogen-bond acceptors (Lipinski definition) is 2. The summed E-state index contributed by atoms with van der Waals surface area (Å²) < 4.78 is 0. The molecule has 0 spiro atoms. The Labute approximate surface area is 91.5 Å². The van der Waals surface area contributed by atoms with Gasteiger partial charge in [-0.05, 0) is 30.4 Å². The SMILES string of the molecule is C[C@@H]1CCN(c2ccccc2O)C[C@H]1C. The van der Waals surface area contributed by atoms with Gasteiger partial charge in [0.05, 0.1) is 5.69 Å². The van der Waals surface area contributed by atoms with E-state index in [1.165, 1.54) is 6.42 Å². The van der Waals surface area contributed by atoms with Crippen molar-refractivity contribution in [3.8, 4) is 5.75 Å². The summed E-state index contributed by atoms with van der Waals surface area (Å²) in [5.41, 5.74) is 0.983. The van der Waals surface area contributed by atoms with Crippen molar-refractivity contribution in [1.29, 1.82) is 0 Å². The minimum atomic E-state index is 0.402. The monoisotopic (exact) mass is 205 g/mol. The molecule has 0 radical (unpaired) electrons. The van der Waals surface area contributed by atoms with Gasteiger partial charge >= 0.3 is 0 Å². The van der Waals surface area contributed by atoms with Crippen LogP contribution in [0.4, 0.5) is 5.69 Å². The number of rotatable bonds is 1. The van der Waals surface area contributed by atoms with Crippen LogP contribution in [0.25, 0.3) is 0 Å². The molecule has 1 saturated heterocycles. The second-order valence-corrected chi connectivity index (χ2v) is 4.68. The molecule has 1 N–H and O–H groups in total. The molecule has 0 aromatic heterocycles. The third-order valence-electron chi connectivity index (χ3n) is 3.56. The molecule has 15 heavy (non-hydrogen) atoms. The second-order valence-electron chi connectivity index (χ2n) is 4.68. The van der Waals surface area contributed by atoms with E-state index in [9.17, 15) is 5.11 Å². The predicted octanol–water partition coefficient (Wildman–Crippen LogP) is 2.87. The van der Waals surface area contributed by atoms with Crippen LogP contribution in [0.5, 0.6) is 5.75 Å². The predicted molar refractivity (Wildman–Crippen MR) is 63.3 cm³/mol. The lowest BCUT2D eigenvalue weighted by Gasteiger charge is -2.37. The van der Waals surface area contributed by atoms with Crippen LogP contribution in [0.1, 0.15) is 20.3 Å². The van der Waals surface area contributed by atoms with Gasteiger partial charge in [-0.25, -0.2) is 0 Å². The first-order chi connectivity index (χ1) is 7.18. The van der Waals surface area contributed by atoms with Crippen LogP contribution in [0.2, 0.25) is 0 Å². The minimum absolute atomic E-state index is 0.402. The maximum Gasteiger partial charge on any atom is 0.138 e. The molecular weight excluding hydrogens is 186 g/mol. The lowest BCUT2D eigenvalue weighted by molar-refractivity contribution is 0.322. The number of para-hydroxylation sites is 2. The maximum absolute atomic E-state index is 9.77. The highest BCUT2D eigenvalue weighted by molar-refractivity contribution is 5.57. The number of benzene rings is 1. The van der Waals surface area contributed by atoms with Gasteiger partial charge in [0.1, 0.15) is 5.75 Å². The van der Waals surface area contributed by atoms with Gasteiger partial charge in [0.25, 0.3) is 0 Å². The van der Waals surface area contributed by atoms with Crippen molar-refractivity contribution in [2.75, 3.05) is 18.0 Å². The fourth-order valence-corrected chi connectivity index (χ4v) is 2.21. The highest BCUT2D eigenvalue weighted by Gasteiger charge is 2.23. The van der Waals surface area contributed by atoms with Gasteiger partial charge in [0, 0.05) is 13.1 Å². The molecule has 2 heteroatoms. The van der Waals surface area contributed by atoms with Gasteiger partial charge in [0.2, 0.25) is 0 Å². The third-order valence-corrected chi connectivity index (χ3v) is 3.56. The molecule has 0 aliphatic carbocycles. The smallest absolute Gasteiger partial charge is 0.138 e. The van der Waals surface area contributed by atoms with Crippen LogP contribution in [-0.2, 0) is 0 Å². The van der Waals surface area contributed by atoms with Crippen molar-refractivity contribution >= 4 is 5.69 Å². The molecule has 1 aromatic rings. The quantitative estimate of drug-likeness (QED) is 0.762. The van der Waals surface area contributed by atoms with Crippen LogP contribution in [0, 0.1) is 11.8 Å². The molecule has 1 aliphatic rings. The number of aromatic hydroxyl groups is 1. The van der Waals surface area contributed by atoms with E-state index >= 15 is 0 Å². The lowest BCUT2D eigenvalue weighted by Crippen LogP contribution is -2.38. The van der Waals surface area contributed by atoms with Crippen LogP contribution in [0.3, 0.4) is 0 Å². The van der Waals surface area contributed by atoms with Crippen molar-refractivity contribution < 1.29 is 5.11 Å². The zero-order valence-corrected chi connectivity index (χ0v) is 9.48. The molecule has 1 fully saturated rings. The zero-order chi connectivity index (χ0) is 10.8. The lowest BCUT2D eigenvalue weighted by atomic mass is 9.88. The Bertz CT molecular complexity index is 337. The van der Waals surface area contributed by atoms with Gasteiger partial charge in [-0.3, -0.25) is 0 Å². The topological polar surface area (TPSA) is 23.5 Å². The van der Waals surface area contributed by atoms with E-state index in [2.05, 4.69) is 18.7 Å². The fourth-order valence-electron chi connectivity index (χ4n) is 2.21. The van der Waals surface area contributed by atoms with E-state index in [-0.39, 0.29) is 0 Å². The maximum atomic E-state index is 9.77. The average molecular weight is 205 g/mol. The van der Waals surface area contributed by atoms with Gasteiger partial charge < -0.3 is 10.0 Å². The molecule has 2 rings (SSSR count). The van der Waals surface area contributed by atoms with Crippen LogP contribution in [-0.4, -0.2) is 18.2 Å². The summed E-state index contributed by atoms with van der Waals surface area (Å²) in [7, 11) is 0. The average Bonchev–Trinajstić information content (AvgIpc) is 2.23. The summed E-state index contributed by atoms with van der Waals surface area (Å²) in [6.07, 6.45) is 1.22. The van der Waals surface area contributed by atoms with Crippen LogP contribution < -0.4 is 4.90 Å². The Morgan fingerprint density at radius 1 is 1.20 bits per heavy atom. The summed E-state index contributed by atoms with van der Waals surface area (Å²) in [4.78, 5) is 2.29. The first kappa shape index (κ1) is 10.3. The number of phenolic OH excluding ortho intramolecular Hbond substituents is 1. The molecule has 0 saturated carbocycles. The number of piperidine rings is 1. The molecule has 0 unspecified atom stereocenters.